The van der Waals surface area contributed by atoms with Crippen LogP contribution in [0.2, 0.25) is 0 Å². The summed E-state index contributed by atoms with van der Waals surface area (Å²) >= 11 is 0. The Morgan fingerprint density at radius 1 is 0.963 bits per heavy atom. The van der Waals surface area contributed by atoms with E-state index in [1.807, 2.05) is 0 Å². The van der Waals surface area contributed by atoms with Crippen molar-refractivity contribution in [3.63, 3.8) is 0 Å². The molecule has 134 valence electrons. The Kier molecular flexibility index (Phi) is 4.04. The molecule has 0 aromatic heterocycles. The fourth-order valence-electron chi connectivity index (χ4n) is 2.71. The highest BCUT2D eigenvalue weighted by Crippen LogP contribution is 2.36. The van der Waals surface area contributed by atoms with Gasteiger partial charge in [0.15, 0.2) is 5.75 Å². The third-order valence-electron chi connectivity index (χ3n) is 4.01. The lowest BCUT2D eigenvalue weighted by Crippen LogP contribution is -2.15. The lowest BCUT2D eigenvalue weighted by atomic mass is 10.1. The van der Waals surface area contributed by atoms with Crippen molar-refractivity contribution in [3.8, 4) is 11.5 Å². The van der Waals surface area contributed by atoms with Gasteiger partial charge in [-0.3, -0.25) is 9.59 Å². The Labute approximate surface area is 152 Å². The molecule has 2 N–H and O–H groups in total. The fourth-order valence-corrected chi connectivity index (χ4v) is 2.71. The van der Waals surface area contributed by atoms with E-state index in [1.165, 1.54) is 18.2 Å². The number of fused-ring (bicyclic) bond motifs is 2. The maximum absolute atomic E-state index is 13.8. The van der Waals surface area contributed by atoms with Crippen LogP contribution in [0.25, 0.3) is 0 Å². The van der Waals surface area contributed by atoms with Gasteiger partial charge in [-0.15, -0.1) is 0 Å². The van der Waals surface area contributed by atoms with Crippen molar-refractivity contribution in [2.45, 2.75) is 0 Å². The monoisotopic (exact) mass is 366 g/mol. The Morgan fingerprint density at radius 2 is 1.78 bits per heavy atom. The number of hydrogen-bond donors (Lipinski definition) is 2. The average Bonchev–Trinajstić information content (AvgIpc) is 2.77. The first-order valence-electron chi connectivity index (χ1n) is 8.00. The van der Waals surface area contributed by atoms with Gasteiger partial charge in [0.1, 0.15) is 17.4 Å². The minimum atomic E-state index is -0.973. The molecule has 4 rings (SSSR count). The van der Waals surface area contributed by atoms with Crippen molar-refractivity contribution in [2.24, 2.45) is 0 Å². The van der Waals surface area contributed by atoms with Crippen LogP contribution >= 0.6 is 0 Å². The molecule has 5 nitrogen and oxygen atoms in total. The number of carbonyl (C=O) groups is 2. The second-order valence-electron chi connectivity index (χ2n) is 5.84. The second kappa shape index (κ2) is 6.53. The minimum absolute atomic E-state index is 0.212. The van der Waals surface area contributed by atoms with Gasteiger partial charge in [0.05, 0.1) is 16.8 Å². The summed E-state index contributed by atoms with van der Waals surface area (Å²) in [6, 6.07) is 14.1. The highest BCUT2D eigenvalue weighted by atomic mass is 19.1. The van der Waals surface area contributed by atoms with E-state index < -0.39 is 23.4 Å². The zero-order valence-electron chi connectivity index (χ0n) is 13.8. The predicted molar refractivity (Wildman–Crippen MR) is 95.2 cm³/mol. The lowest BCUT2D eigenvalue weighted by molar-refractivity contribution is 0.101. The third kappa shape index (κ3) is 3.22. The van der Waals surface area contributed by atoms with Crippen molar-refractivity contribution in [1.82, 2.24) is 0 Å². The summed E-state index contributed by atoms with van der Waals surface area (Å²) in [7, 11) is 0. The van der Waals surface area contributed by atoms with Crippen molar-refractivity contribution in [2.75, 3.05) is 10.6 Å². The topological polar surface area (TPSA) is 67.4 Å². The molecule has 1 aliphatic heterocycles. The molecule has 3 aromatic carbocycles. The van der Waals surface area contributed by atoms with Gasteiger partial charge < -0.3 is 15.4 Å². The molecule has 0 spiro atoms. The van der Waals surface area contributed by atoms with Gasteiger partial charge in [-0.05, 0) is 42.5 Å². The van der Waals surface area contributed by atoms with Gasteiger partial charge in [0, 0.05) is 11.8 Å². The van der Waals surface area contributed by atoms with Crippen molar-refractivity contribution in [3.05, 3.63) is 83.4 Å². The minimum Gasteiger partial charge on any atom is -0.454 e. The first-order chi connectivity index (χ1) is 13.0. The summed E-state index contributed by atoms with van der Waals surface area (Å²) in [4.78, 5) is 24.7. The van der Waals surface area contributed by atoms with E-state index in [4.69, 9.17) is 4.74 Å². The van der Waals surface area contributed by atoms with Crippen LogP contribution in [0.3, 0.4) is 0 Å². The molecule has 7 heteroatoms. The molecule has 2 amide bonds. The predicted octanol–water partition coefficient (Wildman–Crippen LogP) is 4.58. The molecule has 27 heavy (non-hydrogen) atoms. The lowest BCUT2D eigenvalue weighted by Gasteiger charge is -2.10. The molecule has 3 aromatic rings. The number of anilines is 2. The maximum Gasteiger partial charge on any atom is 0.259 e. The van der Waals surface area contributed by atoms with Crippen LogP contribution in [0.5, 0.6) is 11.5 Å². The highest BCUT2D eigenvalue weighted by molar-refractivity contribution is 6.10. The number of hydrogen-bond acceptors (Lipinski definition) is 3. The number of rotatable bonds is 2. The van der Waals surface area contributed by atoms with Crippen LogP contribution in [0.15, 0.2) is 60.7 Å². The zero-order chi connectivity index (χ0) is 19.0. The van der Waals surface area contributed by atoms with Crippen molar-refractivity contribution in [1.29, 1.82) is 0 Å². The van der Waals surface area contributed by atoms with E-state index in [2.05, 4.69) is 10.6 Å². The van der Waals surface area contributed by atoms with Gasteiger partial charge in [-0.25, -0.2) is 8.78 Å². The highest BCUT2D eigenvalue weighted by Gasteiger charge is 2.21. The van der Waals surface area contributed by atoms with E-state index >= 15 is 0 Å². The average molecular weight is 366 g/mol. The summed E-state index contributed by atoms with van der Waals surface area (Å²) in [6.45, 7) is 0. The summed E-state index contributed by atoms with van der Waals surface area (Å²) in [5.41, 5.74) is 0.702. The van der Waals surface area contributed by atoms with Gasteiger partial charge in [0.2, 0.25) is 0 Å². The molecule has 0 saturated heterocycles. The zero-order valence-corrected chi connectivity index (χ0v) is 13.8. The first-order valence-corrected chi connectivity index (χ1v) is 8.00. The molecule has 0 unspecified atom stereocenters. The SMILES string of the molecule is O=C(Nc1ccc2c(c1)C(=O)Nc1ccccc1O2)c1ccc(F)cc1F. The first kappa shape index (κ1) is 16.7. The van der Waals surface area contributed by atoms with E-state index in [0.717, 1.165) is 12.1 Å². The molecule has 1 heterocycles. The van der Waals surface area contributed by atoms with Gasteiger partial charge in [-0.2, -0.15) is 0 Å². The van der Waals surface area contributed by atoms with E-state index in [9.17, 15) is 18.4 Å². The standard InChI is InChI=1S/C20H12F2N2O3/c21-11-5-7-13(15(22)9-11)19(25)23-12-6-8-17-14(10-12)20(26)24-16-3-1-2-4-18(16)27-17/h1-10H,(H,23,25)(H,24,26). The molecule has 0 radical (unpaired) electrons. The number of benzene rings is 3. The molecule has 0 fully saturated rings. The summed E-state index contributed by atoms with van der Waals surface area (Å²) in [5, 5.41) is 5.22. The van der Waals surface area contributed by atoms with Crippen LogP contribution in [-0.4, -0.2) is 11.8 Å². The normalized spacial score (nSPS) is 12.1. The molecule has 0 aliphatic carbocycles. The van der Waals surface area contributed by atoms with Gasteiger partial charge in [0.25, 0.3) is 11.8 Å². The summed E-state index contributed by atoms with van der Waals surface area (Å²) < 4.78 is 32.5. The number of nitrogens with one attached hydrogen (secondary N) is 2. The molecular weight excluding hydrogens is 354 g/mol. The van der Waals surface area contributed by atoms with Crippen molar-refractivity contribution >= 4 is 23.2 Å². The van der Waals surface area contributed by atoms with Crippen LogP contribution in [-0.2, 0) is 0 Å². The molecule has 0 atom stereocenters. The van der Waals surface area contributed by atoms with Crippen LogP contribution in [0.4, 0.5) is 20.2 Å². The summed E-state index contributed by atoms with van der Waals surface area (Å²) in [5.74, 6) is -2.09. The Hall–Kier alpha value is -3.74. The fraction of sp³-hybridized carbons (Fsp3) is 0. The van der Waals surface area contributed by atoms with Crippen LogP contribution in [0.1, 0.15) is 20.7 Å². The van der Waals surface area contributed by atoms with E-state index in [-0.39, 0.29) is 16.8 Å². The number of carbonyl (C=O) groups excluding carboxylic acids is 2. The Balaban J connectivity index is 1.63. The van der Waals surface area contributed by atoms with Crippen LogP contribution < -0.4 is 15.4 Å². The third-order valence-corrected chi connectivity index (χ3v) is 4.01. The quantitative estimate of drug-likeness (QED) is 0.698. The van der Waals surface area contributed by atoms with E-state index in [1.54, 1.807) is 24.3 Å². The van der Waals surface area contributed by atoms with E-state index in [0.29, 0.717) is 23.3 Å². The molecule has 0 saturated carbocycles. The number of halogens is 2. The summed E-state index contributed by atoms with van der Waals surface area (Å²) in [6.07, 6.45) is 0. The van der Waals surface area contributed by atoms with Gasteiger partial charge >= 0.3 is 0 Å². The Bertz CT molecular complexity index is 1080. The molecule has 0 bridgehead atoms. The second-order valence-corrected chi connectivity index (χ2v) is 5.84. The largest absolute Gasteiger partial charge is 0.454 e. The number of ether oxygens (including phenoxy) is 1. The smallest absolute Gasteiger partial charge is 0.259 e. The Morgan fingerprint density at radius 3 is 2.59 bits per heavy atom. The number of amides is 2. The molecule has 1 aliphatic rings. The van der Waals surface area contributed by atoms with Crippen LogP contribution in [0, 0.1) is 11.6 Å². The maximum atomic E-state index is 13.8. The number of para-hydroxylation sites is 2. The van der Waals surface area contributed by atoms with Crippen molar-refractivity contribution < 1.29 is 23.1 Å². The molecular formula is C20H12F2N2O3. The van der Waals surface area contributed by atoms with Gasteiger partial charge in [-0.1, -0.05) is 12.1 Å².